The molecule has 1 aliphatic rings. The highest BCUT2D eigenvalue weighted by atomic mass is 16.2. The summed E-state index contributed by atoms with van der Waals surface area (Å²) >= 11 is 0. The Kier molecular flexibility index (Phi) is 3.77. The van der Waals surface area contributed by atoms with E-state index in [4.69, 9.17) is 0 Å². The Morgan fingerprint density at radius 1 is 1.19 bits per heavy atom. The number of hydrogen-bond acceptors (Lipinski definition) is 2. The fourth-order valence-electron chi connectivity index (χ4n) is 1.75. The van der Waals surface area contributed by atoms with Gasteiger partial charge in [0.15, 0.2) is 0 Å². The van der Waals surface area contributed by atoms with E-state index < -0.39 is 0 Å². The van der Waals surface area contributed by atoms with Crippen LogP contribution in [-0.4, -0.2) is 24.1 Å². The van der Waals surface area contributed by atoms with Crippen LogP contribution in [0.2, 0.25) is 0 Å². The molecule has 2 N–H and O–H groups in total. The molecule has 1 aromatic carbocycles. The summed E-state index contributed by atoms with van der Waals surface area (Å²) in [5.41, 5.74) is 3.95. The van der Waals surface area contributed by atoms with Crippen molar-refractivity contribution in [2.45, 2.75) is 19.3 Å². The van der Waals surface area contributed by atoms with Gasteiger partial charge in [-0.25, -0.2) is 10.2 Å². The zero-order chi connectivity index (χ0) is 11.2. The summed E-state index contributed by atoms with van der Waals surface area (Å²) in [5, 5.41) is 4.53. The highest BCUT2D eigenvalue weighted by Gasteiger charge is 2.14. The number of anilines is 1. The first-order valence-corrected chi connectivity index (χ1v) is 5.73. The van der Waals surface area contributed by atoms with Crippen molar-refractivity contribution < 1.29 is 4.79 Å². The van der Waals surface area contributed by atoms with Crippen LogP contribution < -0.4 is 10.7 Å². The van der Waals surface area contributed by atoms with Gasteiger partial charge in [-0.1, -0.05) is 24.6 Å². The van der Waals surface area contributed by atoms with Gasteiger partial charge >= 0.3 is 6.03 Å². The van der Waals surface area contributed by atoms with E-state index in [0.717, 1.165) is 31.6 Å². The number of hydrogen-bond donors (Lipinski definition) is 2. The molecular formula is C12H17N3O. The smallest absolute Gasteiger partial charge is 0.307 e. The highest BCUT2D eigenvalue weighted by molar-refractivity contribution is 5.88. The first-order valence-electron chi connectivity index (χ1n) is 5.73. The minimum atomic E-state index is -0.0758. The summed E-state index contributed by atoms with van der Waals surface area (Å²) in [6.07, 6.45) is 3.38. The molecule has 0 unspecified atom stereocenters. The summed E-state index contributed by atoms with van der Waals surface area (Å²) in [6.45, 7) is 1.65. The van der Waals surface area contributed by atoms with Crippen LogP contribution in [0.5, 0.6) is 0 Å². The Bertz CT molecular complexity index is 331. The van der Waals surface area contributed by atoms with Crippen molar-refractivity contribution in [2.75, 3.05) is 18.4 Å². The van der Waals surface area contributed by atoms with E-state index >= 15 is 0 Å². The molecule has 0 spiro atoms. The Morgan fingerprint density at radius 2 is 2.00 bits per heavy atom. The summed E-state index contributed by atoms with van der Waals surface area (Å²) in [7, 11) is 0. The summed E-state index contributed by atoms with van der Waals surface area (Å²) in [4.78, 5) is 11.9. The largest absolute Gasteiger partial charge is 0.336 e. The average molecular weight is 219 g/mol. The standard InChI is InChI=1S/C12H17N3O/c16-12(14-11-7-3-1-4-8-11)15-10-6-2-5-9-13-15/h1,3-4,7-8,13H,2,5-6,9-10H2,(H,14,16). The number of nitrogens with one attached hydrogen (secondary N) is 2. The molecule has 86 valence electrons. The molecule has 0 aromatic heterocycles. The van der Waals surface area contributed by atoms with Gasteiger partial charge in [0.25, 0.3) is 0 Å². The number of carbonyl (C=O) groups is 1. The van der Waals surface area contributed by atoms with Crippen molar-refractivity contribution in [1.82, 2.24) is 10.4 Å². The number of benzene rings is 1. The minimum absolute atomic E-state index is 0.0758. The Morgan fingerprint density at radius 3 is 2.81 bits per heavy atom. The maximum absolute atomic E-state index is 11.9. The zero-order valence-electron chi connectivity index (χ0n) is 9.28. The van der Waals surface area contributed by atoms with Gasteiger partial charge in [-0.2, -0.15) is 0 Å². The van der Waals surface area contributed by atoms with Gasteiger partial charge in [-0.15, -0.1) is 0 Å². The molecule has 0 atom stereocenters. The van der Waals surface area contributed by atoms with Crippen LogP contribution in [0.3, 0.4) is 0 Å². The van der Waals surface area contributed by atoms with Gasteiger partial charge in [0.05, 0.1) is 0 Å². The number of carbonyl (C=O) groups excluding carboxylic acids is 1. The van der Waals surface area contributed by atoms with E-state index in [1.165, 1.54) is 6.42 Å². The predicted molar refractivity (Wildman–Crippen MR) is 64.0 cm³/mol. The second kappa shape index (κ2) is 5.51. The van der Waals surface area contributed by atoms with Crippen molar-refractivity contribution in [3.63, 3.8) is 0 Å². The molecule has 4 nitrogen and oxygen atoms in total. The molecule has 0 bridgehead atoms. The van der Waals surface area contributed by atoms with E-state index in [9.17, 15) is 4.79 Å². The van der Waals surface area contributed by atoms with Crippen molar-refractivity contribution >= 4 is 11.7 Å². The van der Waals surface area contributed by atoms with E-state index in [1.807, 2.05) is 30.3 Å². The second-order valence-corrected chi connectivity index (χ2v) is 3.92. The Hall–Kier alpha value is -1.55. The maximum atomic E-state index is 11.9. The molecule has 1 fully saturated rings. The van der Waals surface area contributed by atoms with Crippen LogP contribution >= 0.6 is 0 Å². The van der Waals surface area contributed by atoms with Crippen molar-refractivity contribution in [2.24, 2.45) is 0 Å². The quantitative estimate of drug-likeness (QED) is 0.760. The highest BCUT2D eigenvalue weighted by Crippen LogP contribution is 2.08. The maximum Gasteiger partial charge on any atom is 0.336 e. The second-order valence-electron chi connectivity index (χ2n) is 3.92. The lowest BCUT2D eigenvalue weighted by Gasteiger charge is -2.21. The Labute approximate surface area is 95.6 Å². The van der Waals surface area contributed by atoms with Gasteiger partial charge in [0.2, 0.25) is 0 Å². The summed E-state index contributed by atoms with van der Waals surface area (Å²) < 4.78 is 0. The van der Waals surface area contributed by atoms with Crippen LogP contribution in [0.4, 0.5) is 10.5 Å². The molecule has 1 aromatic rings. The van der Waals surface area contributed by atoms with Crippen LogP contribution in [0.15, 0.2) is 30.3 Å². The summed E-state index contributed by atoms with van der Waals surface area (Å²) in [5.74, 6) is 0. The number of amides is 2. The number of hydrazine groups is 1. The van der Waals surface area contributed by atoms with Crippen LogP contribution in [0.25, 0.3) is 0 Å². The third-order valence-electron chi connectivity index (χ3n) is 2.63. The van der Waals surface area contributed by atoms with Crippen LogP contribution in [0, 0.1) is 0 Å². The van der Waals surface area contributed by atoms with Crippen molar-refractivity contribution in [3.8, 4) is 0 Å². The molecule has 2 rings (SSSR count). The number of urea groups is 1. The predicted octanol–water partition coefficient (Wildman–Crippen LogP) is 2.21. The number of rotatable bonds is 1. The number of para-hydroxylation sites is 1. The first-order chi connectivity index (χ1) is 7.86. The van der Waals surface area contributed by atoms with E-state index in [0.29, 0.717) is 0 Å². The monoisotopic (exact) mass is 219 g/mol. The van der Waals surface area contributed by atoms with E-state index in [2.05, 4.69) is 10.7 Å². The molecule has 4 heteroatoms. The van der Waals surface area contributed by atoms with Gasteiger partial charge in [-0.3, -0.25) is 5.01 Å². The average Bonchev–Trinajstić information content (AvgIpc) is 2.59. The van der Waals surface area contributed by atoms with Crippen molar-refractivity contribution in [3.05, 3.63) is 30.3 Å². The normalized spacial score (nSPS) is 16.6. The lowest BCUT2D eigenvalue weighted by molar-refractivity contribution is 0.189. The van der Waals surface area contributed by atoms with Gasteiger partial charge in [0, 0.05) is 18.8 Å². The van der Waals surface area contributed by atoms with E-state index in [1.54, 1.807) is 5.01 Å². The molecule has 1 saturated heterocycles. The third kappa shape index (κ3) is 2.97. The molecule has 1 heterocycles. The molecule has 2 amide bonds. The van der Waals surface area contributed by atoms with Crippen LogP contribution in [0.1, 0.15) is 19.3 Å². The summed E-state index contributed by atoms with van der Waals surface area (Å²) in [6, 6.07) is 9.44. The fraction of sp³-hybridized carbons (Fsp3) is 0.417. The van der Waals surface area contributed by atoms with Gasteiger partial charge in [-0.05, 0) is 25.0 Å². The lowest BCUT2D eigenvalue weighted by Crippen LogP contribution is -2.44. The van der Waals surface area contributed by atoms with Crippen LogP contribution in [-0.2, 0) is 0 Å². The molecule has 0 radical (unpaired) electrons. The SMILES string of the molecule is O=C(Nc1ccccc1)N1CCCCCN1. The minimum Gasteiger partial charge on any atom is -0.307 e. The van der Waals surface area contributed by atoms with Gasteiger partial charge < -0.3 is 5.32 Å². The first kappa shape index (κ1) is 11.0. The third-order valence-corrected chi connectivity index (χ3v) is 2.63. The molecular weight excluding hydrogens is 202 g/mol. The number of nitrogens with zero attached hydrogens (tertiary/aromatic N) is 1. The molecule has 0 aliphatic carbocycles. The molecule has 0 saturated carbocycles. The van der Waals surface area contributed by atoms with Crippen molar-refractivity contribution in [1.29, 1.82) is 0 Å². The Balaban J connectivity index is 1.92. The topological polar surface area (TPSA) is 44.4 Å². The molecule has 1 aliphatic heterocycles. The lowest BCUT2D eigenvalue weighted by atomic mass is 10.2. The zero-order valence-corrected chi connectivity index (χ0v) is 9.28. The van der Waals surface area contributed by atoms with E-state index in [-0.39, 0.29) is 6.03 Å². The fourth-order valence-corrected chi connectivity index (χ4v) is 1.75. The van der Waals surface area contributed by atoms with Gasteiger partial charge in [0.1, 0.15) is 0 Å². The molecule has 16 heavy (non-hydrogen) atoms.